The third kappa shape index (κ3) is 7.33. The van der Waals surface area contributed by atoms with Gasteiger partial charge in [0.25, 0.3) is 0 Å². The van der Waals surface area contributed by atoms with Gasteiger partial charge in [-0.05, 0) is 50.1 Å². The van der Waals surface area contributed by atoms with Crippen molar-refractivity contribution in [3.05, 3.63) is 29.3 Å². The molecule has 0 aliphatic heterocycles. The molecule has 0 radical (unpaired) electrons. The number of sulfone groups is 1. The highest BCUT2D eigenvalue weighted by Crippen LogP contribution is 2.16. The molecule has 19 heavy (non-hydrogen) atoms. The van der Waals surface area contributed by atoms with Crippen molar-refractivity contribution in [2.75, 3.05) is 12.3 Å². The van der Waals surface area contributed by atoms with E-state index in [9.17, 15) is 8.42 Å². The third-order valence-corrected chi connectivity index (χ3v) is 4.25. The van der Waals surface area contributed by atoms with E-state index in [0.29, 0.717) is 17.9 Å². The molecule has 1 aromatic carbocycles. The van der Waals surface area contributed by atoms with Crippen LogP contribution in [0.5, 0.6) is 0 Å². The highest BCUT2D eigenvalue weighted by Gasteiger charge is 2.13. The van der Waals surface area contributed by atoms with Gasteiger partial charge in [-0.2, -0.15) is 0 Å². The van der Waals surface area contributed by atoms with Crippen molar-refractivity contribution in [1.29, 1.82) is 0 Å². The lowest BCUT2D eigenvalue weighted by molar-refractivity contribution is 0.593. The summed E-state index contributed by atoms with van der Waals surface area (Å²) in [5.41, 5.74) is 7.41. The van der Waals surface area contributed by atoms with E-state index in [-0.39, 0.29) is 5.75 Å². The maximum Gasteiger partial charge on any atom is 0.178 e. The van der Waals surface area contributed by atoms with Gasteiger partial charge in [0.1, 0.15) is 0 Å². The highest BCUT2D eigenvalue weighted by molar-refractivity contribution is 7.91. The van der Waals surface area contributed by atoms with E-state index in [1.165, 1.54) is 0 Å². The van der Waals surface area contributed by atoms with Crippen molar-refractivity contribution in [3.63, 3.8) is 0 Å². The summed E-state index contributed by atoms with van der Waals surface area (Å²) in [6.45, 7) is 12.3. The summed E-state index contributed by atoms with van der Waals surface area (Å²) in [7, 11) is -3.14. The molecule has 0 amide bonds. The summed E-state index contributed by atoms with van der Waals surface area (Å²) in [6.07, 6.45) is 0.509. The second-order valence-corrected chi connectivity index (χ2v) is 5.82. The lowest BCUT2D eigenvalue weighted by Crippen LogP contribution is -2.11. The zero-order valence-corrected chi connectivity index (χ0v) is 14.0. The Morgan fingerprint density at radius 2 is 1.53 bits per heavy atom. The molecule has 2 N–H and O–H groups in total. The average Bonchev–Trinajstić information content (AvgIpc) is 2.44. The molecule has 0 unspecified atom stereocenters. The monoisotopic (exact) mass is 287 g/mol. The zero-order chi connectivity index (χ0) is 15.5. The fraction of sp³-hybridized carbons (Fsp3) is 0.600. The molecule has 0 bridgehead atoms. The number of hydrogen-bond acceptors (Lipinski definition) is 3. The SMILES string of the molecule is CC.CC.Cc1ccc(S(=O)(=O)CCCN)cc1C. The Hall–Kier alpha value is -0.870. The molecule has 0 fully saturated rings. The van der Waals surface area contributed by atoms with Gasteiger partial charge < -0.3 is 5.73 Å². The Morgan fingerprint density at radius 1 is 1.00 bits per heavy atom. The quantitative estimate of drug-likeness (QED) is 0.922. The number of hydrogen-bond donors (Lipinski definition) is 1. The number of aryl methyl sites for hydroxylation is 2. The van der Waals surface area contributed by atoms with E-state index < -0.39 is 9.84 Å². The maximum atomic E-state index is 11.8. The van der Waals surface area contributed by atoms with Crippen molar-refractivity contribution >= 4 is 9.84 Å². The van der Waals surface area contributed by atoms with Crippen LogP contribution in [-0.4, -0.2) is 20.7 Å². The van der Waals surface area contributed by atoms with Crippen molar-refractivity contribution < 1.29 is 8.42 Å². The largest absolute Gasteiger partial charge is 0.330 e. The molecule has 0 saturated carbocycles. The normalized spacial score (nSPS) is 9.84. The van der Waals surface area contributed by atoms with Crippen LogP contribution in [0.4, 0.5) is 0 Å². The first-order valence-corrected chi connectivity index (χ1v) is 8.62. The van der Waals surface area contributed by atoms with Gasteiger partial charge in [-0.1, -0.05) is 33.8 Å². The van der Waals surface area contributed by atoms with Gasteiger partial charge >= 0.3 is 0 Å². The molecular weight excluding hydrogens is 258 g/mol. The maximum absolute atomic E-state index is 11.8. The molecule has 1 aromatic rings. The summed E-state index contributed by atoms with van der Waals surface area (Å²) < 4.78 is 23.6. The summed E-state index contributed by atoms with van der Waals surface area (Å²) in [5.74, 6) is 0.131. The molecule has 0 heterocycles. The van der Waals surface area contributed by atoms with E-state index in [4.69, 9.17) is 5.73 Å². The second-order valence-electron chi connectivity index (χ2n) is 3.71. The molecule has 0 saturated heterocycles. The fourth-order valence-electron chi connectivity index (χ4n) is 1.30. The summed E-state index contributed by atoms with van der Waals surface area (Å²) >= 11 is 0. The standard InChI is InChI=1S/C11H17NO2S.2C2H6/c1-9-4-5-11(8-10(9)2)15(13,14)7-3-6-12;2*1-2/h4-5,8H,3,6-7,12H2,1-2H3;2*1-2H3. The smallest absolute Gasteiger partial charge is 0.178 e. The molecule has 0 aliphatic rings. The topological polar surface area (TPSA) is 60.2 Å². The van der Waals surface area contributed by atoms with Crippen LogP contribution in [0.25, 0.3) is 0 Å². The van der Waals surface area contributed by atoms with Gasteiger partial charge in [0.15, 0.2) is 9.84 Å². The van der Waals surface area contributed by atoms with Crippen LogP contribution in [0.2, 0.25) is 0 Å². The molecule has 1 rings (SSSR count). The van der Waals surface area contributed by atoms with Crippen LogP contribution in [0.1, 0.15) is 45.2 Å². The van der Waals surface area contributed by atoms with Crippen molar-refractivity contribution in [2.45, 2.75) is 52.9 Å². The van der Waals surface area contributed by atoms with Gasteiger partial charge in [0.05, 0.1) is 10.6 Å². The molecule has 0 atom stereocenters. The second kappa shape index (κ2) is 11.0. The van der Waals surface area contributed by atoms with Crippen molar-refractivity contribution in [1.82, 2.24) is 0 Å². The van der Waals surface area contributed by atoms with E-state index >= 15 is 0 Å². The average molecular weight is 287 g/mol. The molecule has 0 aromatic heterocycles. The Morgan fingerprint density at radius 3 is 1.95 bits per heavy atom. The van der Waals surface area contributed by atoms with Crippen LogP contribution in [0.3, 0.4) is 0 Å². The lowest BCUT2D eigenvalue weighted by Gasteiger charge is -2.06. The van der Waals surface area contributed by atoms with Crippen LogP contribution in [0, 0.1) is 13.8 Å². The van der Waals surface area contributed by atoms with Crippen LogP contribution in [0.15, 0.2) is 23.1 Å². The molecule has 0 spiro atoms. The molecule has 3 nitrogen and oxygen atoms in total. The first-order valence-electron chi connectivity index (χ1n) is 6.97. The van der Waals surface area contributed by atoms with Crippen LogP contribution < -0.4 is 5.73 Å². The Kier molecular flexibility index (Phi) is 11.8. The van der Waals surface area contributed by atoms with E-state index in [2.05, 4.69) is 0 Å². The van der Waals surface area contributed by atoms with Gasteiger partial charge in [-0.25, -0.2) is 8.42 Å². The number of rotatable bonds is 4. The summed E-state index contributed by atoms with van der Waals surface area (Å²) in [6, 6.07) is 5.22. The molecule has 0 aliphatic carbocycles. The van der Waals surface area contributed by atoms with Gasteiger partial charge in [0.2, 0.25) is 0 Å². The predicted molar refractivity (Wildman–Crippen MR) is 84.3 cm³/mol. The number of benzene rings is 1. The summed E-state index contributed by atoms with van der Waals surface area (Å²) in [4.78, 5) is 0.402. The fourth-order valence-corrected chi connectivity index (χ4v) is 2.71. The van der Waals surface area contributed by atoms with E-state index in [0.717, 1.165) is 11.1 Å². The first-order chi connectivity index (χ1) is 8.97. The molecule has 4 heteroatoms. The van der Waals surface area contributed by atoms with Crippen molar-refractivity contribution in [2.24, 2.45) is 5.73 Å². The predicted octanol–water partition coefficient (Wildman–Crippen LogP) is 3.48. The minimum Gasteiger partial charge on any atom is -0.330 e. The molecule has 112 valence electrons. The van der Waals surface area contributed by atoms with Crippen LogP contribution in [-0.2, 0) is 9.84 Å². The highest BCUT2D eigenvalue weighted by atomic mass is 32.2. The Balaban J connectivity index is 0. The third-order valence-electron chi connectivity index (χ3n) is 2.45. The summed E-state index contributed by atoms with van der Waals surface area (Å²) in [5, 5.41) is 0. The van der Waals surface area contributed by atoms with Gasteiger partial charge in [-0.15, -0.1) is 0 Å². The van der Waals surface area contributed by atoms with Gasteiger partial charge in [0, 0.05) is 0 Å². The van der Waals surface area contributed by atoms with Crippen LogP contribution >= 0.6 is 0 Å². The zero-order valence-electron chi connectivity index (χ0n) is 13.2. The van der Waals surface area contributed by atoms with Crippen molar-refractivity contribution in [3.8, 4) is 0 Å². The Labute approximate surface area is 119 Å². The van der Waals surface area contributed by atoms with Gasteiger partial charge in [-0.3, -0.25) is 0 Å². The lowest BCUT2D eigenvalue weighted by atomic mass is 10.1. The minimum atomic E-state index is -3.14. The van der Waals surface area contributed by atoms with E-state index in [1.54, 1.807) is 12.1 Å². The minimum absolute atomic E-state index is 0.131. The molecular formula is C15H29NO2S. The Bertz CT molecular complexity index is 439. The number of nitrogens with two attached hydrogens (primary N) is 1. The van der Waals surface area contributed by atoms with E-state index in [1.807, 2.05) is 47.6 Å². The first kappa shape index (κ1) is 20.4.